The number of β-lactam (4-membered cyclic amide) rings is 1. The quantitative estimate of drug-likeness (QED) is 0.601. The standard InChI is InChI=1S/C12H13NO4/c14-10-6-7-13(10)11(15)12(16)17-8-9-4-2-1-3-5-9/h1-5,11,15H,6-8H2. The van der Waals surface area contributed by atoms with Crippen molar-refractivity contribution in [3.05, 3.63) is 35.9 Å². The van der Waals surface area contributed by atoms with E-state index >= 15 is 0 Å². The van der Waals surface area contributed by atoms with Gasteiger partial charge in [0, 0.05) is 13.0 Å². The molecule has 1 unspecified atom stereocenters. The average Bonchev–Trinajstić information content (AvgIpc) is 2.35. The second kappa shape index (κ2) is 4.97. The number of hydrogen-bond acceptors (Lipinski definition) is 4. The number of aliphatic hydroxyl groups excluding tert-OH is 1. The summed E-state index contributed by atoms with van der Waals surface area (Å²) in [5.74, 6) is -1.02. The topological polar surface area (TPSA) is 66.8 Å². The summed E-state index contributed by atoms with van der Waals surface area (Å²) in [4.78, 5) is 23.5. The highest BCUT2D eigenvalue weighted by Gasteiger charge is 2.34. The van der Waals surface area contributed by atoms with Crippen LogP contribution >= 0.6 is 0 Å². The monoisotopic (exact) mass is 235 g/mol. The summed E-state index contributed by atoms with van der Waals surface area (Å²) in [6.07, 6.45) is -1.09. The summed E-state index contributed by atoms with van der Waals surface area (Å²) in [6, 6.07) is 9.15. The van der Waals surface area contributed by atoms with Crippen LogP contribution in [0.25, 0.3) is 0 Å². The molecule has 0 bridgehead atoms. The molecule has 1 atom stereocenters. The molecule has 1 amide bonds. The zero-order valence-corrected chi connectivity index (χ0v) is 9.20. The minimum absolute atomic E-state index is 0.0960. The SMILES string of the molecule is O=C(OCc1ccccc1)C(O)N1CCC1=O. The lowest BCUT2D eigenvalue weighted by molar-refractivity contribution is -0.177. The van der Waals surface area contributed by atoms with Gasteiger partial charge in [0.05, 0.1) is 0 Å². The first-order valence-corrected chi connectivity index (χ1v) is 5.36. The minimum atomic E-state index is -1.47. The van der Waals surface area contributed by atoms with Crippen molar-refractivity contribution in [3.8, 4) is 0 Å². The van der Waals surface area contributed by atoms with Gasteiger partial charge in [-0.25, -0.2) is 4.79 Å². The summed E-state index contributed by atoms with van der Waals surface area (Å²) in [7, 11) is 0. The smallest absolute Gasteiger partial charge is 0.356 e. The molecule has 2 rings (SSSR count). The lowest BCUT2D eigenvalue weighted by Gasteiger charge is -2.33. The van der Waals surface area contributed by atoms with Crippen LogP contribution in [0.4, 0.5) is 0 Å². The lowest BCUT2D eigenvalue weighted by atomic mass is 10.2. The highest BCUT2D eigenvalue weighted by molar-refractivity contribution is 5.87. The van der Waals surface area contributed by atoms with E-state index in [1.54, 1.807) is 0 Å². The zero-order chi connectivity index (χ0) is 12.3. The van der Waals surface area contributed by atoms with Crippen molar-refractivity contribution in [1.29, 1.82) is 0 Å². The molecule has 1 aliphatic rings. The van der Waals surface area contributed by atoms with Crippen molar-refractivity contribution in [2.24, 2.45) is 0 Å². The summed E-state index contributed by atoms with van der Waals surface area (Å²) >= 11 is 0. The number of esters is 1. The largest absolute Gasteiger partial charge is 0.457 e. The highest BCUT2D eigenvalue weighted by atomic mass is 16.5. The molecule has 0 aromatic heterocycles. The van der Waals surface area contributed by atoms with E-state index in [1.807, 2.05) is 30.3 Å². The number of nitrogens with zero attached hydrogens (tertiary/aromatic N) is 1. The van der Waals surface area contributed by atoms with Crippen LogP contribution in [0.1, 0.15) is 12.0 Å². The molecule has 0 saturated carbocycles. The molecular formula is C12H13NO4. The predicted octanol–water partition coefficient (Wildman–Crippen LogP) is 0.281. The van der Waals surface area contributed by atoms with Gasteiger partial charge in [-0.2, -0.15) is 0 Å². The van der Waals surface area contributed by atoms with Gasteiger partial charge in [0.1, 0.15) is 6.61 Å². The third-order valence-corrected chi connectivity index (χ3v) is 2.62. The van der Waals surface area contributed by atoms with E-state index in [1.165, 1.54) is 0 Å². The van der Waals surface area contributed by atoms with Crippen molar-refractivity contribution in [1.82, 2.24) is 4.90 Å². The Labute approximate surface area is 98.6 Å². The molecule has 1 fully saturated rings. The molecule has 0 radical (unpaired) electrons. The van der Waals surface area contributed by atoms with Crippen LogP contribution in [-0.2, 0) is 20.9 Å². The van der Waals surface area contributed by atoms with Crippen molar-refractivity contribution < 1.29 is 19.4 Å². The predicted molar refractivity (Wildman–Crippen MR) is 58.6 cm³/mol. The van der Waals surface area contributed by atoms with E-state index in [0.29, 0.717) is 13.0 Å². The Morgan fingerprint density at radius 2 is 2.12 bits per heavy atom. The Morgan fingerprint density at radius 3 is 2.65 bits per heavy atom. The van der Waals surface area contributed by atoms with Crippen LogP contribution in [0.2, 0.25) is 0 Å². The van der Waals surface area contributed by atoms with Crippen LogP contribution in [0.15, 0.2) is 30.3 Å². The number of aliphatic hydroxyl groups is 1. The molecule has 1 aliphatic heterocycles. The van der Waals surface area contributed by atoms with Gasteiger partial charge in [0.2, 0.25) is 12.1 Å². The highest BCUT2D eigenvalue weighted by Crippen LogP contribution is 2.13. The normalized spacial score (nSPS) is 16.3. The number of benzene rings is 1. The lowest BCUT2D eigenvalue weighted by Crippen LogP contribution is -2.53. The third kappa shape index (κ3) is 2.62. The maximum atomic E-state index is 11.4. The van der Waals surface area contributed by atoms with E-state index in [-0.39, 0.29) is 12.5 Å². The van der Waals surface area contributed by atoms with Crippen molar-refractivity contribution in [3.63, 3.8) is 0 Å². The van der Waals surface area contributed by atoms with Crippen LogP contribution in [0.5, 0.6) is 0 Å². The van der Waals surface area contributed by atoms with Crippen LogP contribution in [0.3, 0.4) is 0 Å². The number of carbonyl (C=O) groups excluding carboxylic acids is 2. The van der Waals surface area contributed by atoms with Crippen LogP contribution < -0.4 is 0 Å². The maximum absolute atomic E-state index is 11.4. The van der Waals surface area contributed by atoms with E-state index in [4.69, 9.17) is 4.74 Å². The second-order valence-corrected chi connectivity index (χ2v) is 3.80. The number of rotatable bonds is 4. The summed E-state index contributed by atoms with van der Waals surface area (Å²) in [6.45, 7) is 0.499. The van der Waals surface area contributed by atoms with Gasteiger partial charge in [0.25, 0.3) is 0 Å². The van der Waals surface area contributed by atoms with Gasteiger partial charge in [0.15, 0.2) is 0 Å². The number of likely N-dealkylation sites (tertiary alicyclic amines) is 1. The molecule has 17 heavy (non-hydrogen) atoms. The first-order chi connectivity index (χ1) is 8.18. The van der Waals surface area contributed by atoms with Crippen molar-refractivity contribution in [2.45, 2.75) is 19.3 Å². The number of carbonyl (C=O) groups is 2. The zero-order valence-electron chi connectivity index (χ0n) is 9.20. The molecule has 1 heterocycles. The van der Waals surface area contributed by atoms with Gasteiger partial charge in [-0.1, -0.05) is 30.3 Å². The van der Waals surface area contributed by atoms with Crippen LogP contribution in [-0.4, -0.2) is 34.7 Å². The Hall–Kier alpha value is -1.88. The molecule has 90 valence electrons. The number of hydrogen-bond donors (Lipinski definition) is 1. The fraction of sp³-hybridized carbons (Fsp3) is 0.333. The third-order valence-electron chi connectivity index (χ3n) is 2.62. The fourth-order valence-corrected chi connectivity index (χ4v) is 1.52. The average molecular weight is 235 g/mol. The molecule has 1 aromatic carbocycles. The van der Waals surface area contributed by atoms with Gasteiger partial charge in [-0.3, -0.25) is 4.79 Å². The molecule has 1 aromatic rings. The maximum Gasteiger partial charge on any atom is 0.356 e. The first-order valence-electron chi connectivity index (χ1n) is 5.36. The fourth-order valence-electron chi connectivity index (χ4n) is 1.52. The number of amides is 1. The Bertz CT molecular complexity index is 418. The molecule has 1 N–H and O–H groups in total. The van der Waals surface area contributed by atoms with Gasteiger partial charge in [-0.15, -0.1) is 0 Å². The Balaban J connectivity index is 1.83. The van der Waals surface area contributed by atoms with E-state index < -0.39 is 12.2 Å². The molecule has 5 heteroatoms. The van der Waals surface area contributed by atoms with Gasteiger partial charge >= 0.3 is 5.97 Å². The van der Waals surface area contributed by atoms with E-state index in [2.05, 4.69) is 0 Å². The van der Waals surface area contributed by atoms with E-state index in [0.717, 1.165) is 10.5 Å². The van der Waals surface area contributed by atoms with Gasteiger partial charge < -0.3 is 14.7 Å². The summed E-state index contributed by atoms with van der Waals surface area (Å²) in [5, 5.41) is 9.52. The van der Waals surface area contributed by atoms with Crippen molar-refractivity contribution >= 4 is 11.9 Å². The Morgan fingerprint density at radius 1 is 1.41 bits per heavy atom. The van der Waals surface area contributed by atoms with E-state index in [9.17, 15) is 14.7 Å². The summed E-state index contributed by atoms with van der Waals surface area (Å²) in [5.41, 5.74) is 0.836. The molecule has 0 aliphatic carbocycles. The minimum Gasteiger partial charge on any atom is -0.457 e. The number of ether oxygens (including phenoxy) is 1. The molecule has 1 saturated heterocycles. The molecule has 5 nitrogen and oxygen atoms in total. The van der Waals surface area contributed by atoms with Gasteiger partial charge in [-0.05, 0) is 5.56 Å². The Kier molecular flexibility index (Phi) is 3.39. The van der Waals surface area contributed by atoms with Crippen molar-refractivity contribution in [2.75, 3.05) is 6.54 Å². The summed E-state index contributed by atoms with van der Waals surface area (Å²) < 4.78 is 4.91. The molecule has 0 spiro atoms. The second-order valence-electron chi connectivity index (χ2n) is 3.80. The first kappa shape index (κ1) is 11.6. The molecular weight excluding hydrogens is 222 g/mol. The van der Waals surface area contributed by atoms with Crippen LogP contribution in [0, 0.1) is 0 Å².